The van der Waals surface area contributed by atoms with Gasteiger partial charge in [-0.15, -0.1) is 0 Å². The molecule has 0 saturated carbocycles. The predicted molar refractivity (Wildman–Crippen MR) is 163 cm³/mol. The molecule has 2 aromatic heterocycles. The molecule has 2 aromatic carbocycles. The van der Waals surface area contributed by atoms with Crippen molar-refractivity contribution in [2.45, 2.75) is 57.1 Å². The average molecular weight is 674 g/mol. The largest absolute Gasteiger partial charge is 0.490 e. The molecule has 8 nitrogen and oxygen atoms in total. The molecule has 0 bridgehead atoms. The summed E-state index contributed by atoms with van der Waals surface area (Å²) in [6.45, 7) is 8.69. The van der Waals surface area contributed by atoms with Gasteiger partial charge in [-0.05, 0) is 86.2 Å². The minimum Gasteiger partial charge on any atom is -0.490 e. The SMILES string of the molecule is Cc1ccc(S(=O)(=O)n2cc(I)c3cc(-c4cccc(OC5CCN(C(=O)OC(C)(C)C)CC5)c4)cnc32)cc1. The van der Waals surface area contributed by atoms with Gasteiger partial charge in [0.25, 0.3) is 10.0 Å². The molecule has 0 unspecified atom stereocenters. The monoisotopic (exact) mass is 673 g/mol. The maximum Gasteiger partial charge on any atom is 0.410 e. The number of piperidine rings is 1. The van der Waals surface area contributed by atoms with Crippen LogP contribution >= 0.6 is 22.6 Å². The first kappa shape index (κ1) is 28.4. The summed E-state index contributed by atoms with van der Waals surface area (Å²) in [6, 6.07) is 16.6. The fourth-order valence-corrected chi connectivity index (χ4v) is 6.82. The van der Waals surface area contributed by atoms with Crippen LogP contribution in [-0.4, -0.2) is 53.2 Å². The number of likely N-dealkylation sites (tertiary alicyclic amines) is 1. The first-order valence-electron chi connectivity index (χ1n) is 13.1. The van der Waals surface area contributed by atoms with Crippen LogP contribution in [0.1, 0.15) is 39.2 Å². The van der Waals surface area contributed by atoms with E-state index in [0.717, 1.165) is 44.2 Å². The molecule has 0 N–H and O–H groups in total. The normalized spacial score (nSPS) is 14.9. The Labute approximate surface area is 248 Å². The summed E-state index contributed by atoms with van der Waals surface area (Å²) in [5.41, 5.74) is 2.65. The van der Waals surface area contributed by atoms with Crippen molar-refractivity contribution in [3.63, 3.8) is 0 Å². The number of hydrogen-bond donors (Lipinski definition) is 0. The molecule has 210 valence electrons. The van der Waals surface area contributed by atoms with Crippen LogP contribution in [0.5, 0.6) is 5.75 Å². The van der Waals surface area contributed by atoms with Crippen molar-refractivity contribution in [1.29, 1.82) is 0 Å². The van der Waals surface area contributed by atoms with Crippen LogP contribution in [0.4, 0.5) is 4.79 Å². The molecular weight excluding hydrogens is 641 g/mol. The Kier molecular flexibility index (Phi) is 7.84. The van der Waals surface area contributed by atoms with Crippen molar-refractivity contribution in [2.24, 2.45) is 0 Å². The number of hydrogen-bond acceptors (Lipinski definition) is 6. The topological polar surface area (TPSA) is 90.7 Å². The highest BCUT2D eigenvalue weighted by Crippen LogP contribution is 2.31. The number of carbonyl (C=O) groups excluding carboxylic acids is 1. The smallest absolute Gasteiger partial charge is 0.410 e. The van der Waals surface area contributed by atoms with Crippen LogP contribution in [0.25, 0.3) is 22.2 Å². The summed E-state index contributed by atoms with van der Waals surface area (Å²) in [7, 11) is -3.78. The van der Waals surface area contributed by atoms with Gasteiger partial charge in [-0.2, -0.15) is 0 Å². The Bertz CT molecular complexity index is 1650. The molecule has 1 fully saturated rings. The number of fused-ring (bicyclic) bond motifs is 1. The molecule has 0 radical (unpaired) electrons. The molecular formula is C30H32IN3O5S. The Morgan fingerprint density at radius 2 is 1.73 bits per heavy atom. The molecule has 0 atom stereocenters. The number of aromatic nitrogens is 2. The second-order valence-corrected chi connectivity index (χ2v) is 14.0. The predicted octanol–water partition coefficient (Wildman–Crippen LogP) is 6.63. The number of aryl methyl sites for hydroxylation is 1. The fourth-order valence-electron chi connectivity index (χ4n) is 4.63. The van der Waals surface area contributed by atoms with Crippen LogP contribution in [-0.2, 0) is 14.8 Å². The maximum atomic E-state index is 13.4. The summed E-state index contributed by atoms with van der Waals surface area (Å²) in [4.78, 5) is 18.9. The second-order valence-electron chi connectivity index (χ2n) is 11.0. The van der Waals surface area contributed by atoms with Gasteiger partial charge in [-0.3, -0.25) is 0 Å². The Morgan fingerprint density at radius 1 is 1.02 bits per heavy atom. The lowest BCUT2D eigenvalue weighted by atomic mass is 10.1. The zero-order valence-electron chi connectivity index (χ0n) is 22.9. The first-order valence-corrected chi connectivity index (χ1v) is 15.7. The van der Waals surface area contributed by atoms with Crippen molar-refractivity contribution in [2.75, 3.05) is 13.1 Å². The Hall–Kier alpha value is -3.12. The molecule has 1 amide bonds. The highest BCUT2D eigenvalue weighted by atomic mass is 127. The molecule has 0 aliphatic carbocycles. The molecule has 1 aliphatic rings. The second kappa shape index (κ2) is 11.0. The van der Waals surface area contributed by atoms with Crippen LogP contribution in [0, 0.1) is 10.5 Å². The summed E-state index contributed by atoms with van der Waals surface area (Å²) in [5.74, 6) is 0.738. The molecule has 10 heteroatoms. The van der Waals surface area contributed by atoms with Gasteiger partial charge < -0.3 is 14.4 Å². The van der Waals surface area contributed by atoms with E-state index in [1.807, 2.05) is 58.0 Å². The van der Waals surface area contributed by atoms with E-state index in [1.165, 1.54) is 3.97 Å². The Balaban J connectivity index is 1.32. The lowest BCUT2D eigenvalue weighted by molar-refractivity contribution is 0.0126. The number of benzene rings is 2. The average Bonchev–Trinajstić information content (AvgIpc) is 3.25. The van der Waals surface area contributed by atoms with Crippen molar-refractivity contribution in [3.05, 3.63) is 76.1 Å². The molecule has 3 heterocycles. The van der Waals surface area contributed by atoms with E-state index >= 15 is 0 Å². The molecule has 0 spiro atoms. The fraction of sp³-hybridized carbons (Fsp3) is 0.333. The minimum atomic E-state index is -3.78. The summed E-state index contributed by atoms with van der Waals surface area (Å²) >= 11 is 2.15. The van der Waals surface area contributed by atoms with Crippen LogP contribution < -0.4 is 4.74 Å². The summed E-state index contributed by atoms with van der Waals surface area (Å²) < 4.78 is 40.5. The van der Waals surface area contributed by atoms with E-state index in [1.54, 1.807) is 41.6 Å². The van der Waals surface area contributed by atoms with E-state index in [4.69, 9.17) is 9.47 Å². The summed E-state index contributed by atoms with van der Waals surface area (Å²) in [5, 5.41) is 0.759. The van der Waals surface area contributed by atoms with Gasteiger partial charge in [0.2, 0.25) is 0 Å². The molecule has 5 rings (SSSR count). The van der Waals surface area contributed by atoms with Gasteiger partial charge in [-0.1, -0.05) is 29.8 Å². The standard InChI is InChI=1S/C30H32IN3O5S/c1-20-8-10-25(11-9-20)40(36,37)34-19-27(31)26-17-22(18-32-28(26)34)21-6-5-7-24(16-21)38-23-12-14-33(15-13-23)29(35)39-30(2,3)4/h5-11,16-19,23H,12-15H2,1-4H3. The van der Waals surface area contributed by atoms with Crippen molar-refractivity contribution >= 4 is 49.7 Å². The quantitative estimate of drug-likeness (QED) is 0.221. The third-order valence-corrected chi connectivity index (χ3v) is 9.23. The number of halogens is 1. The Morgan fingerprint density at radius 3 is 2.40 bits per heavy atom. The van der Waals surface area contributed by atoms with E-state index < -0.39 is 15.6 Å². The van der Waals surface area contributed by atoms with Gasteiger partial charge in [0, 0.05) is 52.8 Å². The summed E-state index contributed by atoms with van der Waals surface area (Å²) in [6.07, 6.45) is 4.46. The van der Waals surface area contributed by atoms with Crippen molar-refractivity contribution in [3.8, 4) is 16.9 Å². The molecule has 1 saturated heterocycles. The van der Waals surface area contributed by atoms with Gasteiger partial charge in [-0.25, -0.2) is 22.2 Å². The maximum absolute atomic E-state index is 13.4. The zero-order valence-corrected chi connectivity index (χ0v) is 25.9. The third-order valence-electron chi connectivity index (χ3n) is 6.70. The van der Waals surface area contributed by atoms with Crippen LogP contribution in [0.15, 0.2) is 71.9 Å². The van der Waals surface area contributed by atoms with Gasteiger partial charge in [0.15, 0.2) is 5.65 Å². The van der Waals surface area contributed by atoms with Crippen molar-refractivity contribution < 1.29 is 22.7 Å². The van der Waals surface area contributed by atoms with Crippen molar-refractivity contribution in [1.82, 2.24) is 13.9 Å². The number of carbonyl (C=O) groups is 1. The van der Waals surface area contributed by atoms with E-state index in [-0.39, 0.29) is 17.1 Å². The van der Waals surface area contributed by atoms with Gasteiger partial charge in [0.05, 0.1) is 4.90 Å². The highest BCUT2D eigenvalue weighted by Gasteiger charge is 2.28. The first-order chi connectivity index (χ1) is 18.9. The van der Waals surface area contributed by atoms with Gasteiger partial charge in [0.1, 0.15) is 17.5 Å². The van der Waals surface area contributed by atoms with E-state index in [9.17, 15) is 13.2 Å². The number of pyridine rings is 1. The lowest BCUT2D eigenvalue weighted by Crippen LogP contribution is -2.44. The van der Waals surface area contributed by atoms with Crippen LogP contribution in [0.3, 0.4) is 0 Å². The molecule has 1 aliphatic heterocycles. The number of rotatable bonds is 5. The third kappa shape index (κ3) is 6.12. The van der Waals surface area contributed by atoms with E-state index in [2.05, 4.69) is 27.6 Å². The minimum absolute atomic E-state index is 0.00324. The number of amides is 1. The highest BCUT2D eigenvalue weighted by molar-refractivity contribution is 14.1. The zero-order chi connectivity index (χ0) is 28.7. The number of ether oxygens (including phenoxy) is 2. The number of nitrogens with zero attached hydrogens (tertiary/aromatic N) is 3. The molecule has 4 aromatic rings. The lowest BCUT2D eigenvalue weighted by Gasteiger charge is -2.33. The van der Waals surface area contributed by atoms with Crippen LogP contribution in [0.2, 0.25) is 0 Å². The van der Waals surface area contributed by atoms with Gasteiger partial charge >= 0.3 is 6.09 Å². The molecule has 40 heavy (non-hydrogen) atoms. The van der Waals surface area contributed by atoms with E-state index in [0.29, 0.717) is 18.7 Å².